The molecular formula is C77H143N15O21. The summed E-state index contributed by atoms with van der Waals surface area (Å²) in [4.78, 5) is 212. The average molecular weight is 1620 g/mol. The third kappa shape index (κ3) is 45.8. The Kier molecular flexibility index (Phi) is 49.8. The summed E-state index contributed by atoms with van der Waals surface area (Å²) in [6.45, 7) is 24.7. The third-order valence-electron chi connectivity index (χ3n) is 16.6. The maximum Gasteiger partial charge on any atom is 0.242 e. The second-order valence-corrected chi connectivity index (χ2v) is 33.4. The van der Waals surface area contributed by atoms with Gasteiger partial charge in [-0.3, -0.25) is 67.1 Å². The topological polar surface area (TPSA) is 461 Å². The number of hydrogen-bond acceptors (Lipinski definition) is 22. The number of amides is 14. The van der Waals surface area contributed by atoms with Crippen molar-refractivity contribution in [1.82, 2.24) is 69.0 Å². The van der Waals surface area contributed by atoms with Gasteiger partial charge < -0.3 is 110 Å². The molecule has 0 rings (SSSR count). The number of nitrogens with one attached hydrogen (secondary N) is 1. The molecule has 0 spiro atoms. The standard InChI is InChI=1S/C77H143N15O21/c1-50(2)22-79-23-65(101)80(24-51(3)4)38-66(102)81(25-52(5)6)39-67(103)82(26-53(7)8)40-68(104)83(27-54(9)10)41-69(105)84(28-55(11)12)42-70(106)85(29-56(13)14)43-72(108)88(32-59(17)95)45-74(110)90(34-61(19)97)47-76(112)92(36-63(21)99)49-77(113)91(35-62(20)98)48-75(111)89(33-60(18)96)46-73(109)87(31-58(16)94)44-71(107)86(30-57(15)93)37-64(78)100/h50-63,79,93-99H,22-49H2,1-21H3,(H2,78,100). The van der Waals surface area contributed by atoms with E-state index in [1.807, 2.05) is 83.1 Å². The molecule has 0 aromatic carbocycles. The zero-order valence-electron chi connectivity index (χ0n) is 71.6. The van der Waals surface area contributed by atoms with Gasteiger partial charge >= 0.3 is 0 Å². The number of primary amides is 1. The van der Waals surface area contributed by atoms with Gasteiger partial charge in [-0.25, -0.2) is 0 Å². The van der Waals surface area contributed by atoms with Gasteiger partial charge in [0.25, 0.3) is 0 Å². The summed E-state index contributed by atoms with van der Waals surface area (Å²) in [6, 6.07) is 0. The van der Waals surface area contributed by atoms with E-state index in [1.54, 1.807) is 13.8 Å². The first-order chi connectivity index (χ1) is 52.2. The molecule has 0 radical (unpaired) electrons. The Hall–Kier alpha value is -7.74. The van der Waals surface area contributed by atoms with Gasteiger partial charge in [-0.2, -0.15) is 0 Å². The monoisotopic (exact) mass is 1610 g/mol. The molecule has 0 saturated heterocycles. The molecule has 652 valence electrons. The quantitative estimate of drug-likeness (QED) is 0.0295. The van der Waals surface area contributed by atoms with Gasteiger partial charge in [0.1, 0.15) is 0 Å². The van der Waals surface area contributed by atoms with Crippen LogP contribution in [0.1, 0.15) is 145 Å². The summed E-state index contributed by atoms with van der Waals surface area (Å²) in [7, 11) is 0. The molecule has 10 N–H and O–H groups in total. The van der Waals surface area contributed by atoms with Crippen LogP contribution in [-0.2, 0) is 67.1 Å². The van der Waals surface area contributed by atoms with Crippen LogP contribution in [0, 0.1) is 41.4 Å². The van der Waals surface area contributed by atoms with Crippen molar-refractivity contribution in [2.45, 2.75) is 188 Å². The van der Waals surface area contributed by atoms with E-state index >= 15 is 0 Å². The van der Waals surface area contributed by atoms with E-state index in [0.717, 1.165) is 34.3 Å². The zero-order valence-corrected chi connectivity index (χ0v) is 71.6. The first kappa shape index (κ1) is 105. The Morgan fingerprint density at radius 3 is 0.442 bits per heavy atom. The highest BCUT2D eigenvalue weighted by Crippen LogP contribution is 2.15. The summed E-state index contributed by atoms with van der Waals surface area (Å²) >= 11 is 0. The Morgan fingerprint density at radius 1 is 0.204 bits per heavy atom. The minimum absolute atomic E-state index is 0.0228. The number of rotatable bonds is 56. The molecule has 36 nitrogen and oxygen atoms in total. The molecule has 113 heavy (non-hydrogen) atoms. The highest BCUT2D eigenvalue weighted by Gasteiger charge is 2.36. The van der Waals surface area contributed by atoms with Crippen LogP contribution in [0.5, 0.6) is 0 Å². The van der Waals surface area contributed by atoms with Crippen LogP contribution < -0.4 is 11.1 Å². The summed E-state index contributed by atoms with van der Waals surface area (Å²) in [5.41, 5.74) is 5.32. The molecule has 14 amide bonds. The second kappa shape index (κ2) is 53.4. The lowest BCUT2D eigenvalue weighted by Gasteiger charge is -2.34. The van der Waals surface area contributed by atoms with Crippen molar-refractivity contribution >= 4 is 82.7 Å². The van der Waals surface area contributed by atoms with Crippen LogP contribution in [0.25, 0.3) is 0 Å². The lowest BCUT2D eigenvalue weighted by Crippen LogP contribution is -2.55. The lowest BCUT2D eigenvalue weighted by atomic mass is 10.1. The number of nitrogens with zero attached hydrogens (tertiary/aromatic N) is 13. The van der Waals surface area contributed by atoms with E-state index in [2.05, 4.69) is 5.32 Å². The molecule has 0 saturated carbocycles. The van der Waals surface area contributed by atoms with Gasteiger partial charge in [-0.15, -0.1) is 0 Å². The number of carbonyl (C=O) groups is 14. The average Bonchev–Trinajstić information content (AvgIpc) is 0.853. The smallest absolute Gasteiger partial charge is 0.242 e. The number of hydrogen-bond donors (Lipinski definition) is 9. The highest BCUT2D eigenvalue weighted by atomic mass is 16.3. The predicted molar refractivity (Wildman–Crippen MR) is 423 cm³/mol. The van der Waals surface area contributed by atoms with Gasteiger partial charge in [-0.1, -0.05) is 96.9 Å². The van der Waals surface area contributed by atoms with Crippen molar-refractivity contribution in [1.29, 1.82) is 0 Å². The van der Waals surface area contributed by atoms with Crippen molar-refractivity contribution < 1.29 is 103 Å². The number of aliphatic hydroxyl groups excluding tert-OH is 7. The molecular weight excluding hydrogens is 1470 g/mol. The fourth-order valence-electron chi connectivity index (χ4n) is 12.1. The maximum absolute atomic E-state index is 14.7. The van der Waals surface area contributed by atoms with Gasteiger partial charge in [0.05, 0.1) is 134 Å². The van der Waals surface area contributed by atoms with E-state index in [9.17, 15) is 103 Å². The van der Waals surface area contributed by atoms with Gasteiger partial charge in [0, 0.05) is 85.1 Å². The highest BCUT2D eigenvalue weighted by molar-refractivity contribution is 5.96. The second-order valence-electron chi connectivity index (χ2n) is 33.4. The molecule has 0 aliphatic rings. The summed E-state index contributed by atoms with van der Waals surface area (Å²) < 4.78 is 0. The SMILES string of the molecule is CC(C)CNCC(=O)N(CC(=O)N(CC(=O)N(CC(=O)N(CC(=O)N(CC(=O)N(CC(=O)N(CC(=O)N(CC(=O)N(CC(=O)N(CC(=O)N(CC(=O)N(CC(=O)N(CC(N)=O)CC(C)O)CC(C)O)CC(C)O)CC(C)O)CC(C)O)CC(C)O)CC(C)O)CC(C)C)CC(C)C)CC(C)C)CC(C)C)CC(C)C)CC(C)C. The van der Waals surface area contributed by atoms with E-state index in [-0.39, 0.29) is 100 Å². The molecule has 0 heterocycles. The Labute approximate surface area is 670 Å². The van der Waals surface area contributed by atoms with Crippen LogP contribution in [0.3, 0.4) is 0 Å². The molecule has 0 aromatic heterocycles. The minimum atomic E-state index is -1.33. The summed E-state index contributed by atoms with van der Waals surface area (Å²) in [6.07, 6.45) is -8.89. The van der Waals surface area contributed by atoms with E-state index < -0.39 is 231 Å². The fourth-order valence-corrected chi connectivity index (χ4v) is 12.1. The van der Waals surface area contributed by atoms with Crippen LogP contribution in [-0.4, -0.2) is 408 Å². The molecule has 0 fully saturated rings. The summed E-state index contributed by atoms with van der Waals surface area (Å²) in [5, 5.41) is 76.7. The van der Waals surface area contributed by atoms with Crippen molar-refractivity contribution in [3.63, 3.8) is 0 Å². The van der Waals surface area contributed by atoms with Crippen molar-refractivity contribution in [3.8, 4) is 0 Å². The Bertz CT molecular complexity index is 3000. The van der Waals surface area contributed by atoms with Crippen molar-refractivity contribution in [3.05, 3.63) is 0 Å². The number of nitrogens with two attached hydrogens (primary N) is 1. The van der Waals surface area contributed by atoms with Gasteiger partial charge in [-0.05, 0) is 96.4 Å². The first-order valence-corrected chi connectivity index (χ1v) is 39.6. The Morgan fingerprint density at radius 2 is 0.327 bits per heavy atom. The van der Waals surface area contributed by atoms with Crippen LogP contribution >= 0.6 is 0 Å². The number of aliphatic hydroxyl groups is 7. The zero-order chi connectivity index (χ0) is 87.2. The lowest BCUT2D eigenvalue weighted by molar-refractivity contribution is -0.151. The first-order valence-electron chi connectivity index (χ1n) is 39.6. The van der Waals surface area contributed by atoms with Crippen molar-refractivity contribution in [2.75, 3.05) is 183 Å². The van der Waals surface area contributed by atoms with Gasteiger partial charge in [0.15, 0.2) is 0 Å². The predicted octanol–water partition coefficient (Wildman–Crippen LogP) is -2.91. The normalized spacial score (nSPS) is 13.4. The Balaban J connectivity index is 7.17. The minimum Gasteiger partial charge on any atom is -0.392 e. The fraction of sp³-hybridized carbons (Fsp3) is 0.818. The van der Waals surface area contributed by atoms with Crippen LogP contribution in [0.15, 0.2) is 0 Å². The third-order valence-corrected chi connectivity index (χ3v) is 16.6. The van der Waals surface area contributed by atoms with E-state index in [4.69, 9.17) is 5.73 Å². The van der Waals surface area contributed by atoms with Crippen molar-refractivity contribution in [2.24, 2.45) is 47.2 Å². The molecule has 0 aliphatic heterocycles. The molecule has 7 atom stereocenters. The van der Waals surface area contributed by atoms with E-state index in [1.165, 1.54) is 77.9 Å². The van der Waals surface area contributed by atoms with E-state index in [0.29, 0.717) is 19.0 Å². The molecule has 7 unspecified atom stereocenters. The largest absolute Gasteiger partial charge is 0.392 e. The van der Waals surface area contributed by atoms with Crippen LogP contribution in [0.2, 0.25) is 0 Å². The van der Waals surface area contributed by atoms with Crippen LogP contribution in [0.4, 0.5) is 0 Å². The maximum atomic E-state index is 14.7. The summed E-state index contributed by atoms with van der Waals surface area (Å²) in [5.74, 6) is -11.2. The number of carbonyl (C=O) groups excluding carboxylic acids is 14. The molecule has 0 bridgehead atoms. The molecule has 36 heteroatoms. The molecule has 0 aromatic rings. The molecule has 0 aliphatic carbocycles. The van der Waals surface area contributed by atoms with Gasteiger partial charge in [0.2, 0.25) is 82.7 Å².